The van der Waals surface area contributed by atoms with Gasteiger partial charge in [0.05, 0.1) is 12.1 Å². The zero-order valence-electron chi connectivity index (χ0n) is 10.8. The summed E-state index contributed by atoms with van der Waals surface area (Å²) in [7, 11) is 0. The maximum Gasteiger partial charge on any atom is 0.179 e. The van der Waals surface area contributed by atoms with Gasteiger partial charge in [-0.05, 0) is 54.9 Å². The molecule has 0 saturated heterocycles. The van der Waals surface area contributed by atoms with Crippen LogP contribution in [0.3, 0.4) is 0 Å². The first kappa shape index (κ1) is 12.0. The number of rotatable bonds is 2. The first-order valence-electron chi connectivity index (χ1n) is 6.10. The molecule has 0 amide bonds. The number of aromatic nitrogens is 4. The SMILES string of the molecule is Cc1cnc2c(c1)[nH]c(=S)n2Cc1ccncc1C. The first-order chi connectivity index (χ1) is 9.15. The van der Waals surface area contributed by atoms with E-state index in [1.165, 1.54) is 5.56 Å². The molecule has 0 unspecified atom stereocenters. The summed E-state index contributed by atoms with van der Waals surface area (Å²) in [6, 6.07) is 4.08. The van der Waals surface area contributed by atoms with Crippen LogP contribution in [-0.2, 0) is 6.54 Å². The first-order valence-corrected chi connectivity index (χ1v) is 6.50. The molecule has 19 heavy (non-hydrogen) atoms. The van der Waals surface area contributed by atoms with Gasteiger partial charge in [-0.25, -0.2) is 4.98 Å². The third-order valence-electron chi connectivity index (χ3n) is 3.21. The van der Waals surface area contributed by atoms with E-state index in [0.29, 0.717) is 11.3 Å². The molecule has 0 aliphatic heterocycles. The van der Waals surface area contributed by atoms with Crippen LogP contribution in [0.25, 0.3) is 11.2 Å². The summed E-state index contributed by atoms with van der Waals surface area (Å²) in [5.74, 6) is 0. The summed E-state index contributed by atoms with van der Waals surface area (Å²) in [5, 5.41) is 0. The zero-order chi connectivity index (χ0) is 13.4. The maximum absolute atomic E-state index is 5.39. The minimum atomic E-state index is 0.698. The molecule has 3 aromatic heterocycles. The van der Waals surface area contributed by atoms with E-state index >= 15 is 0 Å². The van der Waals surface area contributed by atoms with E-state index in [9.17, 15) is 0 Å². The van der Waals surface area contributed by atoms with Crippen LogP contribution in [0, 0.1) is 18.6 Å². The lowest BCUT2D eigenvalue weighted by Crippen LogP contribution is -2.02. The summed E-state index contributed by atoms with van der Waals surface area (Å²) >= 11 is 5.39. The number of H-pyrrole nitrogens is 1. The van der Waals surface area contributed by atoms with E-state index < -0.39 is 0 Å². The molecule has 3 heterocycles. The van der Waals surface area contributed by atoms with E-state index in [1.54, 1.807) is 6.20 Å². The zero-order valence-corrected chi connectivity index (χ0v) is 11.7. The van der Waals surface area contributed by atoms with Gasteiger partial charge in [-0.3, -0.25) is 9.55 Å². The Kier molecular flexibility index (Phi) is 2.91. The molecule has 5 heteroatoms. The van der Waals surface area contributed by atoms with Crippen LogP contribution in [0.5, 0.6) is 0 Å². The molecule has 0 atom stereocenters. The molecule has 0 aliphatic rings. The number of fused-ring (bicyclic) bond motifs is 1. The van der Waals surface area contributed by atoms with Crippen LogP contribution >= 0.6 is 12.2 Å². The van der Waals surface area contributed by atoms with Crippen molar-refractivity contribution < 1.29 is 0 Å². The maximum atomic E-state index is 5.39. The topological polar surface area (TPSA) is 46.5 Å². The van der Waals surface area contributed by atoms with Crippen LogP contribution in [-0.4, -0.2) is 19.5 Å². The lowest BCUT2D eigenvalue weighted by molar-refractivity contribution is 0.793. The normalized spacial score (nSPS) is 11.1. The molecule has 0 fully saturated rings. The molecule has 4 nitrogen and oxygen atoms in total. The van der Waals surface area contributed by atoms with Crippen molar-refractivity contribution in [2.24, 2.45) is 0 Å². The quantitative estimate of drug-likeness (QED) is 0.728. The van der Waals surface area contributed by atoms with Crippen LogP contribution in [0.2, 0.25) is 0 Å². The van der Waals surface area contributed by atoms with Crippen molar-refractivity contribution in [3.05, 3.63) is 52.2 Å². The van der Waals surface area contributed by atoms with Crippen LogP contribution in [0.15, 0.2) is 30.7 Å². The second kappa shape index (κ2) is 4.59. The molecular formula is C14H14N4S. The minimum Gasteiger partial charge on any atom is -0.329 e. The van der Waals surface area contributed by atoms with Gasteiger partial charge in [0, 0.05) is 18.6 Å². The lowest BCUT2D eigenvalue weighted by Gasteiger charge is -2.06. The van der Waals surface area contributed by atoms with Crippen LogP contribution in [0.1, 0.15) is 16.7 Å². The van der Waals surface area contributed by atoms with Crippen molar-refractivity contribution in [3.63, 3.8) is 0 Å². The number of aryl methyl sites for hydroxylation is 2. The lowest BCUT2D eigenvalue weighted by atomic mass is 10.1. The van der Waals surface area contributed by atoms with Crippen molar-refractivity contribution >= 4 is 23.4 Å². The van der Waals surface area contributed by atoms with Crippen molar-refractivity contribution in [2.45, 2.75) is 20.4 Å². The second-order valence-corrected chi connectivity index (χ2v) is 5.09. The number of hydrogen-bond acceptors (Lipinski definition) is 3. The highest BCUT2D eigenvalue weighted by Gasteiger charge is 2.07. The number of pyridine rings is 2. The molecular weight excluding hydrogens is 256 g/mol. The van der Waals surface area contributed by atoms with E-state index in [0.717, 1.165) is 22.3 Å². The molecule has 3 rings (SSSR count). The van der Waals surface area contributed by atoms with E-state index in [-0.39, 0.29) is 0 Å². The molecule has 1 N–H and O–H groups in total. The van der Waals surface area contributed by atoms with Gasteiger partial charge >= 0.3 is 0 Å². The Morgan fingerprint density at radius 2 is 2.16 bits per heavy atom. The van der Waals surface area contributed by atoms with Gasteiger partial charge < -0.3 is 4.98 Å². The van der Waals surface area contributed by atoms with E-state index in [1.807, 2.05) is 30.0 Å². The third kappa shape index (κ3) is 2.17. The summed E-state index contributed by atoms with van der Waals surface area (Å²) in [4.78, 5) is 11.8. The fourth-order valence-electron chi connectivity index (χ4n) is 2.14. The molecule has 0 aliphatic carbocycles. The van der Waals surface area contributed by atoms with E-state index in [2.05, 4.69) is 27.9 Å². The molecule has 3 aromatic rings. The number of imidazole rings is 1. The van der Waals surface area contributed by atoms with Gasteiger partial charge in [0.1, 0.15) is 0 Å². The highest BCUT2D eigenvalue weighted by Crippen LogP contribution is 2.16. The largest absolute Gasteiger partial charge is 0.329 e. The summed E-state index contributed by atoms with van der Waals surface area (Å²) in [5.41, 5.74) is 5.36. The van der Waals surface area contributed by atoms with Gasteiger partial charge in [-0.15, -0.1) is 0 Å². The predicted octanol–water partition coefficient (Wildman–Crippen LogP) is 3.15. The molecule has 0 bridgehead atoms. The van der Waals surface area contributed by atoms with Crippen LogP contribution in [0.4, 0.5) is 0 Å². The molecule has 0 saturated carbocycles. The number of nitrogens with one attached hydrogen (secondary N) is 1. The number of aromatic amines is 1. The Labute approximate surface area is 116 Å². The second-order valence-electron chi connectivity index (χ2n) is 4.70. The van der Waals surface area contributed by atoms with Gasteiger partial charge in [0.25, 0.3) is 0 Å². The van der Waals surface area contributed by atoms with Crippen molar-refractivity contribution in [1.82, 2.24) is 19.5 Å². The molecule has 0 spiro atoms. The van der Waals surface area contributed by atoms with Crippen molar-refractivity contribution in [1.29, 1.82) is 0 Å². The molecule has 0 radical (unpaired) electrons. The Morgan fingerprint density at radius 3 is 2.95 bits per heavy atom. The Bertz CT molecular complexity index is 801. The number of nitrogens with zero attached hydrogens (tertiary/aromatic N) is 3. The Balaban J connectivity index is 2.13. The van der Waals surface area contributed by atoms with Gasteiger partial charge in [0.2, 0.25) is 0 Å². The van der Waals surface area contributed by atoms with Gasteiger partial charge in [-0.2, -0.15) is 0 Å². The molecule has 0 aromatic carbocycles. The summed E-state index contributed by atoms with van der Waals surface area (Å²) < 4.78 is 2.72. The fraction of sp³-hybridized carbons (Fsp3) is 0.214. The van der Waals surface area contributed by atoms with Crippen molar-refractivity contribution in [3.8, 4) is 0 Å². The molecule has 96 valence electrons. The highest BCUT2D eigenvalue weighted by atomic mass is 32.1. The monoisotopic (exact) mass is 270 g/mol. The summed E-state index contributed by atoms with van der Waals surface area (Å²) in [6.07, 6.45) is 5.53. The predicted molar refractivity (Wildman–Crippen MR) is 77.7 cm³/mol. The Morgan fingerprint density at radius 1 is 1.32 bits per heavy atom. The number of hydrogen-bond donors (Lipinski definition) is 1. The Hall–Kier alpha value is -2.01. The standard InChI is InChI=1S/C14H14N4S/c1-9-5-12-13(16-6-9)18(14(19)17-12)8-11-3-4-15-7-10(11)2/h3-7H,8H2,1-2H3,(H,17,19). The minimum absolute atomic E-state index is 0.698. The van der Waals surface area contributed by atoms with Crippen LogP contribution < -0.4 is 0 Å². The average Bonchev–Trinajstić information content (AvgIpc) is 2.68. The fourth-order valence-corrected chi connectivity index (χ4v) is 2.41. The highest BCUT2D eigenvalue weighted by molar-refractivity contribution is 7.71. The van der Waals surface area contributed by atoms with Crippen molar-refractivity contribution in [2.75, 3.05) is 0 Å². The van der Waals surface area contributed by atoms with Gasteiger partial charge in [0.15, 0.2) is 10.4 Å². The third-order valence-corrected chi connectivity index (χ3v) is 3.53. The summed E-state index contributed by atoms with van der Waals surface area (Å²) in [6.45, 7) is 4.79. The average molecular weight is 270 g/mol. The van der Waals surface area contributed by atoms with Gasteiger partial charge in [-0.1, -0.05) is 0 Å². The van der Waals surface area contributed by atoms with E-state index in [4.69, 9.17) is 12.2 Å². The smallest absolute Gasteiger partial charge is 0.179 e.